The lowest BCUT2D eigenvalue weighted by atomic mass is 10.1. The molecule has 0 spiro atoms. The molecule has 2 aromatic rings. The Morgan fingerprint density at radius 1 is 1.09 bits per heavy atom. The molecule has 0 fully saturated rings. The minimum absolute atomic E-state index is 0.192. The predicted octanol–water partition coefficient (Wildman–Crippen LogP) is 4.63. The lowest BCUT2D eigenvalue weighted by Gasteiger charge is -2.13. The highest BCUT2D eigenvalue weighted by Gasteiger charge is 2.08. The molecule has 0 bridgehead atoms. The van der Waals surface area contributed by atoms with Crippen molar-refractivity contribution in [3.63, 3.8) is 0 Å². The maximum Gasteiger partial charge on any atom is 0.319 e. The fourth-order valence-corrected chi connectivity index (χ4v) is 2.78. The van der Waals surface area contributed by atoms with E-state index in [9.17, 15) is 4.79 Å². The molecule has 0 unspecified atom stereocenters. The molecule has 2 rings (SSSR count). The van der Waals surface area contributed by atoms with Gasteiger partial charge in [-0.15, -0.1) is 0 Å². The number of urea groups is 1. The first-order valence-electron chi connectivity index (χ1n) is 7.33. The number of amides is 2. The van der Waals surface area contributed by atoms with Crippen molar-refractivity contribution in [1.82, 2.24) is 5.32 Å². The van der Waals surface area contributed by atoms with Crippen LogP contribution >= 0.6 is 11.6 Å². The fourth-order valence-electron chi connectivity index (χ4n) is 2.55. The second-order valence-electron chi connectivity index (χ2n) is 5.50. The van der Waals surface area contributed by atoms with Gasteiger partial charge < -0.3 is 10.6 Å². The van der Waals surface area contributed by atoms with Crippen LogP contribution in [0.25, 0.3) is 0 Å². The zero-order valence-corrected chi connectivity index (χ0v) is 13.9. The van der Waals surface area contributed by atoms with E-state index in [1.54, 1.807) is 0 Å². The average Bonchev–Trinajstić information content (AvgIpc) is 2.45. The molecule has 0 saturated carbocycles. The SMILES string of the molecule is Cc1cc(C)c(NC(=O)NCCc2ccccc2Cl)c(C)c1. The number of hydrogen-bond donors (Lipinski definition) is 2. The van der Waals surface area contributed by atoms with Gasteiger partial charge >= 0.3 is 6.03 Å². The van der Waals surface area contributed by atoms with Gasteiger partial charge in [-0.05, 0) is 49.9 Å². The van der Waals surface area contributed by atoms with Crippen molar-refractivity contribution in [2.45, 2.75) is 27.2 Å². The highest BCUT2D eigenvalue weighted by molar-refractivity contribution is 6.31. The van der Waals surface area contributed by atoms with Gasteiger partial charge in [0, 0.05) is 17.3 Å². The summed E-state index contributed by atoms with van der Waals surface area (Å²) in [5.74, 6) is 0. The molecule has 0 aliphatic heterocycles. The number of anilines is 1. The topological polar surface area (TPSA) is 41.1 Å². The maximum absolute atomic E-state index is 12.0. The predicted molar refractivity (Wildman–Crippen MR) is 92.8 cm³/mol. The van der Waals surface area contributed by atoms with E-state index in [2.05, 4.69) is 22.8 Å². The first kappa shape index (κ1) is 16.4. The van der Waals surface area contributed by atoms with Crippen molar-refractivity contribution in [3.05, 3.63) is 63.7 Å². The summed E-state index contributed by atoms with van der Waals surface area (Å²) < 4.78 is 0. The van der Waals surface area contributed by atoms with Crippen molar-refractivity contribution in [3.8, 4) is 0 Å². The molecule has 2 N–H and O–H groups in total. The summed E-state index contributed by atoms with van der Waals surface area (Å²) in [6, 6.07) is 11.6. The van der Waals surface area contributed by atoms with Gasteiger partial charge in [0.05, 0.1) is 0 Å². The molecule has 116 valence electrons. The van der Waals surface area contributed by atoms with Gasteiger partial charge in [-0.25, -0.2) is 4.79 Å². The molecule has 0 atom stereocenters. The summed E-state index contributed by atoms with van der Waals surface area (Å²) >= 11 is 6.10. The number of carbonyl (C=O) groups excluding carboxylic acids is 1. The van der Waals surface area contributed by atoms with Gasteiger partial charge in [0.2, 0.25) is 0 Å². The Morgan fingerprint density at radius 3 is 2.36 bits per heavy atom. The Hall–Kier alpha value is -2.00. The van der Waals surface area contributed by atoms with E-state index in [0.717, 1.165) is 27.4 Å². The molecule has 0 aromatic heterocycles. The van der Waals surface area contributed by atoms with Gasteiger partial charge in [-0.1, -0.05) is 47.5 Å². The smallest absolute Gasteiger partial charge is 0.319 e. The van der Waals surface area contributed by atoms with Crippen LogP contribution in [-0.2, 0) is 6.42 Å². The van der Waals surface area contributed by atoms with E-state index in [-0.39, 0.29) is 6.03 Å². The Morgan fingerprint density at radius 2 is 1.73 bits per heavy atom. The lowest BCUT2D eigenvalue weighted by Crippen LogP contribution is -2.31. The normalized spacial score (nSPS) is 10.4. The summed E-state index contributed by atoms with van der Waals surface area (Å²) in [6.07, 6.45) is 0.707. The molecule has 0 saturated heterocycles. The van der Waals surface area contributed by atoms with E-state index in [0.29, 0.717) is 13.0 Å². The molecule has 0 aliphatic rings. The number of rotatable bonds is 4. The van der Waals surface area contributed by atoms with Gasteiger partial charge in [0.15, 0.2) is 0 Å². The van der Waals surface area contributed by atoms with Crippen LogP contribution in [-0.4, -0.2) is 12.6 Å². The number of hydrogen-bond acceptors (Lipinski definition) is 1. The maximum atomic E-state index is 12.0. The number of halogens is 1. The van der Waals surface area contributed by atoms with Gasteiger partial charge in [0.25, 0.3) is 0 Å². The van der Waals surface area contributed by atoms with Crippen LogP contribution < -0.4 is 10.6 Å². The molecule has 4 heteroatoms. The summed E-state index contributed by atoms with van der Waals surface area (Å²) in [5.41, 5.74) is 5.24. The van der Waals surface area contributed by atoms with Gasteiger partial charge in [-0.2, -0.15) is 0 Å². The molecule has 22 heavy (non-hydrogen) atoms. The van der Waals surface area contributed by atoms with E-state index in [4.69, 9.17) is 11.6 Å². The average molecular weight is 317 g/mol. The molecule has 2 amide bonds. The zero-order valence-electron chi connectivity index (χ0n) is 13.2. The van der Waals surface area contributed by atoms with Crippen LogP contribution in [0.15, 0.2) is 36.4 Å². The van der Waals surface area contributed by atoms with Crippen LogP contribution in [0.4, 0.5) is 10.5 Å². The molecule has 0 radical (unpaired) electrons. The third-order valence-electron chi connectivity index (χ3n) is 3.55. The van der Waals surface area contributed by atoms with E-state index in [1.165, 1.54) is 5.56 Å². The van der Waals surface area contributed by atoms with E-state index in [1.807, 2.05) is 45.0 Å². The number of carbonyl (C=O) groups is 1. The van der Waals surface area contributed by atoms with Crippen LogP contribution in [0.3, 0.4) is 0 Å². The van der Waals surface area contributed by atoms with Crippen LogP contribution in [0.5, 0.6) is 0 Å². The Bertz CT molecular complexity index is 660. The van der Waals surface area contributed by atoms with Gasteiger partial charge in [-0.3, -0.25) is 0 Å². The first-order chi connectivity index (χ1) is 10.5. The second-order valence-corrected chi connectivity index (χ2v) is 5.90. The lowest BCUT2D eigenvalue weighted by molar-refractivity contribution is 0.252. The molecule has 0 aliphatic carbocycles. The highest BCUT2D eigenvalue weighted by Crippen LogP contribution is 2.21. The van der Waals surface area contributed by atoms with Crippen molar-refractivity contribution < 1.29 is 4.79 Å². The molecule has 3 nitrogen and oxygen atoms in total. The zero-order chi connectivity index (χ0) is 16.1. The Kier molecular flexibility index (Phi) is 5.45. The summed E-state index contributed by atoms with van der Waals surface area (Å²) in [5, 5.41) is 6.52. The second kappa shape index (κ2) is 7.32. The molecule has 2 aromatic carbocycles. The third-order valence-corrected chi connectivity index (χ3v) is 3.92. The van der Waals surface area contributed by atoms with Crippen molar-refractivity contribution in [2.75, 3.05) is 11.9 Å². The van der Waals surface area contributed by atoms with Crippen LogP contribution in [0, 0.1) is 20.8 Å². The Balaban J connectivity index is 1.90. The highest BCUT2D eigenvalue weighted by atomic mass is 35.5. The van der Waals surface area contributed by atoms with Crippen LogP contribution in [0.2, 0.25) is 5.02 Å². The summed E-state index contributed by atoms with van der Waals surface area (Å²) in [4.78, 5) is 12.0. The first-order valence-corrected chi connectivity index (χ1v) is 7.71. The summed E-state index contributed by atoms with van der Waals surface area (Å²) in [6.45, 7) is 6.59. The van der Waals surface area contributed by atoms with E-state index < -0.39 is 0 Å². The van der Waals surface area contributed by atoms with Crippen molar-refractivity contribution >= 4 is 23.3 Å². The minimum Gasteiger partial charge on any atom is -0.338 e. The standard InChI is InChI=1S/C18H21ClN2O/c1-12-10-13(2)17(14(3)11-12)21-18(22)20-9-8-15-6-4-5-7-16(15)19/h4-7,10-11H,8-9H2,1-3H3,(H2,20,21,22). The number of aryl methyl sites for hydroxylation is 3. The molecular formula is C18H21ClN2O. The summed E-state index contributed by atoms with van der Waals surface area (Å²) in [7, 11) is 0. The Labute approximate surface area is 136 Å². The fraction of sp³-hybridized carbons (Fsp3) is 0.278. The quantitative estimate of drug-likeness (QED) is 0.848. The molecular weight excluding hydrogens is 296 g/mol. The van der Waals surface area contributed by atoms with Crippen LogP contribution in [0.1, 0.15) is 22.3 Å². The largest absolute Gasteiger partial charge is 0.338 e. The number of benzene rings is 2. The van der Waals surface area contributed by atoms with Crippen molar-refractivity contribution in [2.24, 2.45) is 0 Å². The van der Waals surface area contributed by atoms with Gasteiger partial charge in [0.1, 0.15) is 0 Å². The monoisotopic (exact) mass is 316 g/mol. The van der Waals surface area contributed by atoms with E-state index >= 15 is 0 Å². The number of nitrogens with one attached hydrogen (secondary N) is 2. The van der Waals surface area contributed by atoms with Crippen molar-refractivity contribution in [1.29, 1.82) is 0 Å². The third kappa shape index (κ3) is 4.25. The molecule has 0 heterocycles. The minimum atomic E-state index is -0.192.